The Balaban J connectivity index is 2.46. The van der Waals surface area contributed by atoms with E-state index in [0.29, 0.717) is 11.8 Å². The molecule has 1 aromatic rings. The van der Waals surface area contributed by atoms with Gasteiger partial charge in [-0.25, -0.2) is 4.58 Å². The average Bonchev–Trinajstić information content (AvgIpc) is 2.40. The van der Waals surface area contributed by atoms with Crippen LogP contribution in [-0.2, 0) is 0 Å². The summed E-state index contributed by atoms with van der Waals surface area (Å²) in [6.07, 6.45) is 3.26. The summed E-state index contributed by atoms with van der Waals surface area (Å²) in [5.74, 6) is 0.835. The smallest absolute Gasteiger partial charge is 0.287 e. The van der Waals surface area contributed by atoms with Gasteiger partial charge in [-0.3, -0.25) is 10.1 Å². The number of nitrogens with two attached hydrogens (primary N) is 2. The molecule has 0 amide bonds. The van der Waals surface area contributed by atoms with E-state index >= 15 is 0 Å². The van der Waals surface area contributed by atoms with E-state index in [0.717, 1.165) is 24.8 Å². The average molecular weight is 307 g/mol. The fourth-order valence-electron chi connectivity index (χ4n) is 2.63. The molecule has 1 unspecified atom stereocenters. The molecule has 0 bridgehead atoms. The van der Waals surface area contributed by atoms with Gasteiger partial charge in [-0.05, 0) is 36.5 Å². The summed E-state index contributed by atoms with van der Waals surface area (Å²) < 4.78 is 1.58. The van der Waals surface area contributed by atoms with Crippen molar-refractivity contribution in [3.05, 3.63) is 39.9 Å². The van der Waals surface area contributed by atoms with Crippen LogP contribution in [0.15, 0.2) is 24.3 Å². The monoisotopic (exact) mass is 307 g/mol. The molecule has 1 aromatic carbocycles. The predicted octanol–water partition coefficient (Wildman–Crippen LogP) is 1.72. The number of non-ortho nitro benzene ring substituents is 1. The lowest BCUT2D eigenvalue weighted by molar-refractivity contribution is -0.385. The Labute approximate surface area is 128 Å². The Morgan fingerprint density at radius 2 is 2.10 bits per heavy atom. The number of nitrogens with zero attached hydrogens (tertiary/aromatic N) is 2. The third-order valence-electron chi connectivity index (χ3n) is 4.10. The van der Waals surface area contributed by atoms with Crippen LogP contribution in [-0.4, -0.2) is 27.5 Å². The predicted molar refractivity (Wildman–Crippen MR) is 85.3 cm³/mol. The van der Waals surface area contributed by atoms with Crippen LogP contribution in [0.5, 0.6) is 0 Å². The van der Waals surface area contributed by atoms with E-state index in [1.54, 1.807) is 23.8 Å². The third kappa shape index (κ3) is 3.18. The molecule has 21 heavy (non-hydrogen) atoms. The molecular weight excluding hydrogens is 288 g/mol. The second kappa shape index (κ2) is 6.17. The number of nitro benzene ring substituents is 1. The normalized spacial score (nSPS) is 17.6. The summed E-state index contributed by atoms with van der Waals surface area (Å²) in [6.45, 7) is 0. The van der Waals surface area contributed by atoms with Crippen molar-refractivity contribution in [2.24, 2.45) is 17.4 Å². The molecule has 1 aliphatic rings. The molecule has 112 valence electrons. The molecule has 7 heteroatoms. The van der Waals surface area contributed by atoms with Crippen LogP contribution in [0.3, 0.4) is 0 Å². The zero-order valence-corrected chi connectivity index (χ0v) is 12.7. The molecule has 1 saturated carbocycles. The summed E-state index contributed by atoms with van der Waals surface area (Å²) in [5.41, 5.74) is 12.8. The lowest BCUT2D eigenvalue weighted by atomic mass is 9.72. The Hall–Kier alpha value is -2.02. The fourth-order valence-corrected chi connectivity index (χ4v) is 2.73. The van der Waals surface area contributed by atoms with Crippen molar-refractivity contribution in [1.82, 2.24) is 0 Å². The highest BCUT2D eigenvalue weighted by Gasteiger charge is 2.34. The van der Waals surface area contributed by atoms with Crippen LogP contribution in [0.25, 0.3) is 0 Å². The maximum absolute atomic E-state index is 11.0. The molecule has 1 fully saturated rings. The van der Waals surface area contributed by atoms with Crippen molar-refractivity contribution < 1.29 is 9.50 Å². The number of nitro groups is 1. The number of hydrogen-bond acceptors (Lipinski definition) is 3. The molecule has 0 aromatic heterocycles. The molecule has 0 radical (unpaired) electrons. The topological polar surface area (TPSA) is 98.2 Å². The van der Waals surface area contributed by atoms with Gasteiger partial charge in [-0.1, -0.05) is 18.6 Å². The van der Waals surface area contributed by atoms with E-state index in [-0.39, 0.29) is 16.7 Å². The van der Waals surface area contributed by atoms with E-state index in [9.17, 15) is 10.1 Å². The summed E-state index contributed by atoms with van der Waals surface area (Å²) in [6, 6.07) is 6.63. The summed E-state index contributed by atoms with van der Waals surface area (Å²) >= 11 is 4.97. The van der Waals surface area contributed by atoms with Gasteiger partial charge in [0.05, 0.1) is 17.9 Å². The molecule has 2 rings (SSSR count). The quantitative estimate of drug-likeness (QED) is 0.220. The summed E-state index contributed by atoms with van der Waals surface area (Å²) in [5, 5.41) is 11.2. The zero-order chi connectivity index (χ0) is 15.6. The van der Waals surface area contributed by atoms with Crippen LogP contribution >= 0.6 is 12.2 Å². The number of hydrogen-bond donors (Lipinski definition) is 2. The van der Waals surface area contributed by atoms with Gasteiger partial charge in [0.1, 0.15) is 0 Å². The zero-order valence-electron chi connectivity index (χ0n) is 11.9. The van der Waals surface area contributed by atoms with Gasteiger partial charge in [0.2, 0.25) is 5.84 Å². The Kier molecular flexibility index (Phi) is 4.52. The fraction of sp³-hybridized carbons (Fsp3) is 0.429. The molecular formula is C14H19N4O2S+. The number of amidine groups is 1. The number of rotatable bonds is 4. The molecule has 0 aliphatic heterocycles. The maximum atomic E-state index is 11.0. The second-order valence-corrected chi connectivity index (χ2v) is 5.76. The lowest BCUT2D eigenvalue weighted by Crippen LogP contribution is -2.41. The van der Waals surface area contributed by atoms with E-state index in [4.69, 9.17) is 23.7 Å². The molecule has 1 aliphatic carbocycles. The highest BCUT2D eigenvalue weighted by molar-refractivity contribution is 7.79. The Morgan fingerprint density at radius 3 is 2.57 bits per heavy atom. The van der Waals surface area contributed by atoms with Crippen LogP contribution < -0.4 is 11.5 Å². The largest absolute Gasteiger partial charge is 0.322 e. The Bertz CT molecular complexity index is 611. The van der Waals surface area contributed by atoms with E-state index < -0.39 is 4.92 Å². The van der Waals surface area contributed by atoms with E-state index in [2.05, 4.69) is 0 Å². The first-order valence-electron chi connectivity index (χ1n) is 6.81. The van der Waals surface area contributed by atoms with E-state index in [1.165, 1.54) is 6.07 Å². The van der Waals surface area contributed by atoms with Gasteiger partial charge in [-0.2, -0.15) is 0 Å². The standard InChI is InChI=1S/C14H18N4O2S/c1-17(14(16)21)13(15)12(9-4-2-5-9)10-6-3-7-11(8-10)18(19)20/h3,6-9,12,15H,2,4-5H2,1H3,(H2,16,21)/p+1. The van der Waals surface area contributed by atoms with Crippen molar-refractivity contribution in [2.75, 3.05) is 7.05 Å². The van der Waals surface area contributed by atoms with Crippen molar-refractivity contribution in [3.8, 4) is 0 Å². The van der Waals surface area contributed by atoms with E-state index in [1.807, 2.05) is 6.07 Å². The first kappa shape index (κ1) is 15.4. The first-order valence-corrected chi connectivity index (χ1v) is 7.22. The van der Waals surface area contributed by atoms with Crippen LogP contribution in [0.4, 0.5) is 5.69 Å². The van der Waals surface area contributed by atoms with Crippen molar-refractivity contribution in [3.63, 3.8) is 0 Å². The van der Waals surface area contributed by atoms with Gasteiger partial charge in [0.25, 0.3) is 10.8 Å². The highest BCUT2D eigenvalue weighted by atomic mass is 32.1. The lowest BCUT2D eigenvalue weighted by Gasteiger charge is -2.33. The summed E-state index contributed by atoms with van der Waals surface area (Å²) in [4.78, 5) is 10.6. The summed E-state index contributed by atoms with van der Waals surface area (Å²) in [7, 11) is 1.72. The minimum atomic E-state index is -0.394. The minimum absolute atomic E-state index is 0.0719. The van der Waals surface area contributed by atoms with Gasteiger partial charge >= 0.3 is 0 Å². The van der Waals surface area contributed by atoms with Gasteiger partial charge < -0.3 is 11.5 Å². The third-order valence-corrected chi connectivity index (χ3v) is 4.37. The molecule has 1 atom stereocenters. The van der Waals surface area contributed by atoms with Crippen LogP contribution in [0.1, 0.15) is 30.7 Å². The first-order chi connectivity index (χ1) is 9.91. The highest BCUT2D eigenvalue weighted by Crippen LogP contribution is 2.40. The number of benzene rings is 1. The van der Waals surface area contributed by atoms with Gasteiger partial charge in [-0.15, -0.1) is 0 Å². The SMILES string of the molecule is C/[N+](C(N)=S)=C(/N)C(c1cccc([N+](=O)[O-])c1)C1CCC1. The van der Waals surface area contributed by atoms with Crippen molar-refractivity contribution >= 4 is 28.9 Å². The van der Waals surface area contributed by atoms with Gasteiger partial charge in [0.15, 0.2) is 0 Å². The number of thiocarbonyl (C=S) groups is 1. The Morgan fingerprint density at radius 1 is 1.43 bits per heavy atom. The molecule has 0 heterocycles. The van der Waals surface area contributed by atoms with Crippen molar-refractivity contribution in [1.29, 1.82) is 0 Å². The maximum Gasteiger partial charge on any atom is 0.287 e. The molecule has 6 nitrogen and oxygen atoms in total. The van der Waals surface area contributed by atoms with Crippen LogP contribution in [0.2, 0.25) is 0 Å². The molecule has 0 spiro atoms. The minimum Gasteiger partial charge on any atom is -0.322 e. The van der Waals surface area contributed by atoms with Crippen LogP contribution in [0, 0.1) is 16.0 Å². The van der Waals surface area contributed by atoms with Gasteiger partial charge in [0, 0.05) is 12.1 Å². The molecule has 0 saturated heterocycles. The van der Waals surface area contributed by atoms with Crippen molar-refractivity contribution in [2.45, 2.75) is 25.2 Å². The second-order valence-electron chi connectivity index (χ2n) is 5.34. The molecule has 4 N–H and O–H groups in total.